The van der Waals surface area contributed by atoms with Gasteiger partial charge in [0, 0.05) is 44.3 Å². The minimum absolute atomic E-state index is 0.580. The summed E-state index contributed by atoms with van der Waals surface area (Å²) in [6.45, 7) is 0. The molecule has 3 aromatic heterocycles. The van der Waals surface area contributed by atoms with Gasteiger partial charge in [-0.2, -0.15) is 0 Å². The lowest BCUT2D eigenvalue weighted by molar-refractivity contribution is 0.668. The quantitative estimate of drug-likeness (QED) is 0.176. The second kappa shape index (κ2) is 12.8. The largest absolute Gasteiger partial charge is 0.456 e. The van der Waals surface area contributed by atoms with Crippen LogP contribution in [0.5, 0.6) is 0 Å². The van der Waals surface area contributed by atoms with Crippen molar-refractivity contribution in [1.82, 2.24) is 19.5 Å². The normalized spacial score (nSPS) is 11.8. The Morgan fingerprint density at radius 1 is 0.345 bits per heavy atom. The number of rotatable bonds is 5. The number of furan rings is 1. The number of fused-ring (bicyclic) bond motifs is 9. The molecule has 0 saturated heterocycles. The molecule has 12 rings (SSSR count). The van der Waals surface area contributed by atoms with E-state index in [0.717, 1.165) is 55.3 Å². The van der Waals surface area contributed by atoms with E-state index in [1.165, 1.54) is 43.4 Å². The van der Waals surface area contributed by atoms with Crippen molar-refractivity contribution >= 4 is 65.3 Å². The zero-order chi connectivity index (χ0) is 38.2. The van der Waals surface area contributed by atoms with Gasteiger partial charge in [-0.05, 0) is 69.1 Å². The Balaban J connectivity index is 1.16. The van der Waals surface area contributed by atoms with Crippen LogP contribution in [0.15, 0.2) is 199 Å². The summed E-state index contributed by atoms with van der Waals surface area (Å²) < 4.78 is 9.07. The van der Waals surface area contributed by atoms with Gasteiger partial charge >= 0.3 is 0 Å². The van der Waals surface area contributed by atoms with Crippen molar-refractivity contribution in [2.75, 3.05) is 0 Å². The molecule has 0 unspecified atom stereocenters. The fraction of sp³-hybridized carbons (Fsp3) is 0. The molecule has 0 bridgehead atoms. The standard InChI is InChI=1S/C53H32N4O/c1-3-15-35(16-4-1)51-54-52(36-17-5-2-6-18-36)56-53(55-51)44-31-40(32-48-50(44)42-21-11-12-22-47(42)58-48)57-45-27-26-39(38-24-23-33-13-7-8-19-37(33)29-38)30-43(45)49-41-20-10-9-14-34(41)25-28-46(49)57/h1-32H. The molecule has 0 spiro atoms. The summed E-state index contributed by atoms with van der Waals surface area (Å²) in [6.07, 6.45) is 0. The molecule has 12 aromatic rings. The third-order valence-electron chi connectivity index (χ3n) is 11.4. The van der Waals surface area contributed by atoms with Crippen molar-refractivity contribution in [2.45, 2.75) is 0 Å². The molecule has 0 radical (unpaired) electrons. The van der Waals surface area contributed by atoms with Crippen molar-refractivity contribution in [3.8, 4) is 51.0 Å². The molecule has 0 aliphatic carbocycles. The highest BCUT2D eigenvalue weighted by Gasteiger charge is 2.22. The Bertz CT molecular complexity index is 3510. The molecule has 0 aliphatic rings. The second-order valence-corrected chi connectivity index (χ2v) is 14.8. The van der Waals surface area contributed by atoms with Crippen molar-refractivity contribution in [3.63, 3.8) is 0 Å². The average molecular weight is 741 g/mol. The van der Waals surface area contributed by atoms with Crippen LogP contribution in [-0.2, 0) is 0 Å². The first-order chi connectivity index (χ1) is 28.7. The number of aromatic nitrogens is 4. The van der Waals surface area contributed by atoms with E-state index in [9.17, 15) is 0 Å². The molecule has 58 heavy (non-hydrogen) atoms. The smallest absolute Gasteiger partial charge is 0.164 e. The highest BCUT2D eigenvalue weighted by molar-refractivity contribution is 6.22. The predicted octanol–water partition coefficient (Wildman–Crippen LogP) is 13.8. The molecule has 0 saturated carbocycles. The molecule has 0 N–H and O–H groups in total. The lowest BCUT2D eigenvalue weighted by atomic mass is 9.98. The molecule has 0 atom stereocenters. The zero-order valence-corrected chi connectivity index (χ0v) is 31.2. The van der Waals surface area contributed by atoms with Gasteiger partial charge in [0.2, 0.25) is 0 Å². The molecular formula is C53H32N4O. The van der Waals surface area contributed by atoms with Gasteiger partial charge in [-0.25, -0.2) is 15.0 Å². The van der Waals surface area contributed by atoms with Crippen molar-refractivity contribution < 1.29 is 4.42 Å². The summed E-state index contributed by atoms with van der Waals surface area (Å²) in [5.41, 5.74) is 9.81. The van der Waals surface area contributed by atoms with E-state index >= 15 is 0 Å². The molecule has 0 fully saturated rings. The van der Waals surface area contributed by atoms with Crippen LogP contribution in [0.2, 0.25) is 0 Å². The van der Waals surface area contributed by atoms with Crippen LogP contribution >= 0.6 is 0 Å². The Morgan fingerprint density at radius 2 is 0.931 bits per heavy atom. The van der Waals surface area contributed by atoms with Crippen LogP contribution in [-0.4, -0.2) is 19.5 Å². The molecular weight excluding hydrogens is 709 g/mol. The highest BCUT2D eigenvalue weighted by atomic mass is 16.3. The number of hydrogen-bond acceptors (Lipinski definition) is 4. The van der Waals surface area contributed by atoms with Crippen LogP contribution < -0.4 is 0 Å². The SMILES string of the molecule is c1ccc(-c2nc(-c3ccccc3)nc(-c3cc(-n4c5ccc(-c6ccc7ccccc7c6)cc5c5c6ccccc6ccc54)cc4oc5ccccc5c34)n2)cc1. The topological polar surface area (TPSA) is 56.7 Å². The molecule has 5 nitrogen and oxygen atoms in total. The molecule has 9 aromatic carbocycles. The minimum atomic E-state index is 0.580. The Hall–Kier alpha value is -7.89. The van der Waals surface area contributed by atoms with Gasteiger partial charge in [0.1, 0.15) is 11.2 Å². The first kappa shape index (κ1) is 32.4. The van der Waals surface area contributed by atoms with Gasteiger partial charge in [0.15, 0.2) is 17.5 Å². The predicted molar refractivity (Wildman–Crippen MR) is 238 cm³/mol. The van der Waals surface area contributed by atoms with E-state index < -0.39 is 0 Å². The van der Waals surface area contributed by atoms with Gasteiger partial charge in [-0.15, -0.1) is 0 Å². The first-order valence-electron chi connectivity index (χ1n) is 19.5. The van der Waals surface area contributed by atoms with Gasteiger partial charge in [0.25, 0.3) is 0 Å². The summed E-state index contributed by atoms with van der Waals surface area (Å²) in [7, 11) is 0. The van der Waals surface area contributed by atoms with Crippen LogP contribution in [0.25, 0.3) is 116 Å². The fourth-order valence-electron chi connectivity index (χ4n) is 8.69. The molecule has 0 aliphatic heterocycles. The summed E-state index contributed by atoms with van der Waals surface area (Å²) in [5.74, 6) is 1.80. The number of para-hydroxylation sites is 1. The summed E-state index contributed by atoms with van der Waals surface area (Å²) in [5, 5.41) is 9.23. The molecule has 5 heteroatoms. The Labute approximate surface area is 333 Å². The fourth-order valence-corrected chi connectivity index (χ4v) is 8.69. The van der Waals surface area contributed by atoms with Gasteiger partial charge in [-0.1, -0.05) is 152 Å². The Morgan fingerprint density at radius 3 is 1.71 bits per heavy atom. The monoisotopic (exact) mass is 740 g/mol. The van der Waals surface area contributed by atoms with Gasteiger partial charge < -0.3 is 8.98 Å². The van der Waals surface area contributed by atoms with Crippen molar-refractivity contribution in [1.29, 1.82) is 0 Å². The van der Waals surface area contributed by atoms with Crippen LogP contribution in [0.3, 0.4) is 0 Å². The average Bonchev–Trinajstić information content (AvgIpc) is 3.84. The maximum Gasteiger partial charge on any atom is 0.164 e. The maximum absolute atomic E-state index is 6.71. The van der Waals surface area contributed by atoms with E-state index in [2.05, 4.69) is 126 Å². The zero-order valence-electron chi connectivity index (χ0n) is 31.2. The van der Waals surface area contributed by atoms with Gasteiger partial charge in [0.05, 0.1) is 16.7 Å². The lowest BCUT2D eigenvalue weighted by Gasteiger charge is -2.13. The summed E-state index contributed by atoms with van der Waals surface area (Å²) >= 11 is 0. The van der Waals surface area contributed by atoms with Crippen LogP contribution in [0.4, 0.5) is 0 Å². The van der Waals surface area contributed by atoms with E-state index in [0.29, 0.717) is 17.5 Å². The van der Waals surface area contributed by atoms with Crippen molar-refractivity contribution in [2.24, 2.45) is 0 Å². The third-order valence-corrected chi connectivity index (χ3v) is 11.4. The van der Waals surface area contributed by atoms with Crippen LogP contribution in [0.1, 0.15) is 0 Å². The van der Waals surface area contributed by atoms with E-state index in [-0.39, 0.29) is 0 Å². The van der Waals surface area contributed by atoms with Crippen molar-refractivity contribution in [3.05, 3.63) is 194 Å². The minimum Gasteiger partial charge on any atom is -0.456 e. The van der Waals surface area contributed by atoms with E-state index in [1.54, 1.807) is 0 Å². The first-order valence-corrected chi connectivity index (χ1v) is 19.5. The number of nitrogens with zero attached hydrogens (tertiary/aromatic N) is 4. The molecule has 0 amide bonds. The van der Waals surface area contributed by atoms with Crippen LogP contribution in [0, 0.1) is 0 Å². The maximum atomic E-state index is 6.71. The summed E-state index contributed by atoms with van der Waals surface area (Å²) in [4.78, 5) is 15.4. The number of benzene rings is 9. The molecule has 270 valence electrons. The second-order valence-electron chi connectivity index (χ2n) is 14.8. The lowest BCUT2D eigenvalue weighted by Crippen LogP contribution is -2.01. The van der Waals surface area contributed by atoms with E-state index in [4.69, 9.17) is 19.4 Å². The van der Waals surface area contributed by atoms with Gasteiger partial charge in [-0.3, -0.25) is 0 Å². The highest BCUT2D eigenvalue weighted by Crippen LogP contribution is 2.43. The van der Waals surface area contributed by atoms with E-state index in [1.807, 2.05) is 72.8 Å². The summed E-state index contributed by atoms with van der Waals surface area (Å²) in [6, 6.07) is 68.1. The Kier molecular flexibility index (Phi) is 7.16. The number of hydrogen-bond donors (Lipinski definition) is 0. The molecule has 3 heterocycles. The third kappa shape index (κ3) is 5.14.